The fourth-order valence-electron chi connectivity index (χ4n) is 1.80. The van der Waals surface area contributed by atoms with Gasteiger partial charge in [0.05, 0.1) is 5.92 Å². The lowest BCUT2D eigenvalue weighted by Crippen LogP contribution is -2.20. The summed E-state index contributed by atoms with van der Waals surface area (Å²) in [5.41, 5.74) is 5.87. The maximum Gasteiger partial charge on any atom is 0.573 e. The van der Waals surface area contributed by atoms with Crippen LogP contribution in [0.15, 0.2) is 18.2 Å². The second kappa shape index (κ2) is 5.38. The lowest BCUT2D eigenvalue weighted by molar-refractivity contribution is -0.274. The van der Waals surface area contributed by atoms with Crippen molar-refractivity contribution in [3.05, 3.63) is 23.8 Å². The van der Waals surface area contributed by atoms with Crippen molar-refractivity contribution in [2.24, 2.45) is 5.92 Å². The smallest absolute Gasteiger partial charge is 0.481 e. The molecule has 0 heterocycles. The molecule has 1 unspecified atom stereocenters. The van der Waals surface area contributed by atoms with E-state index in [4.69, 9.17) is 10.8 Å². The highest BCUT2D eigenvalue weighted by Gasteiger charge is 2.32. The Morgan fingerprint density at radius 2 is 1.95 bits per heavy atom. The molecule has 4 nitrogen and oxygen atoms in total. The Morgan fingerprint density at radius 3 is 2.37 bits per heavy atom. The molecule has 0 fully saturated rings. The van der Waals surface area contributed by atoms with Crippen LogP contribution in [0, 0.1) is 5.92 Å². The average molecular weight is 277 g/mol. The van der Waals surface area contributed by atoms with Crippen LogP contribution in [0.3, 0.4) is 0 Å². The van der Waals surface area contributed by atoms with Gasteiger partial charge in [0.1, 0.15) is 5.75 Å². The number of anilines is 1. The van der Waals surface area contributed by atoms with Crippen LogP contribution in [0.1, 0.15) is 25.3 Å². The minimum absolute atomic E-state index is 0.115. The van der Waals surface area contributed by atoms with Crippen LogP contribution in [-0.4, -0.2) is 17.4 Å². The standard InChI is InChI=1S/C12H14F3NO3/c1-6(2)10(11(17)18)8-5-7(3-4-9(8)16)19-12(13,14)15/h3-6,10H,16H2,1-2H3,(H,17,18). The first-order valence-electron chi connectivity index (χ1n) is 5.50. The third-order valence-corrected chi connectivity index (χ3v) is 2.56. The molecular weight excluding hydrogens is 263 g/mol. The number of ether oxygens (including phenoxy) is 1. The average Bonchev–Trinajstić information content (AvgIpc) is 2.19. The first-order chi connectivity index (χ1) is 8.61. The van der Waals surface area contributed by atoms with Gasteiger partial charge in [-0.05, 0) is 29.7 Å². The van der Waals surface area contributed by atoms with E-state index >= 15 is 0 Å². The van der Waals surface area contributed by atoms with E-state index in [-0.39, 0.29) is 17.2 Å². The molecule has 1 rings (SSSR count). The number of carboxylic acids is 1. The molecule has 106 valence electrons. The van der Waals surface area contributed by atoms with Crippen molar-refractivity contribution in [1.82, 2.24) is 0 Å². The lowest BCUT2D eigenvalue weighted by Gasteiger charge is -2.19. The Kier molecular flexibility index (Phi) is 4.28. The van der Waals surface area contributed by atoms with Gasteiger partial charge >= 0.3 is 12.3 Å². The lowest BCUT2D eigenvalue weighted by atomic mass is 9.87. The molecule has 0 saturated heterocycles. The van der Waals surface area contributed by atoms with E-state index in [1.54, 1.807) is 13.8 Å². The molecule has 3 N–H and O–H groups in total. The van der Waals surface area contributed by atoms with Gasteiger partial charge in [0.25, 0.3) is 0 Å². The van der Waals surface area contributed by atoms with Gasteiger partial charge in [-0.3, -0.25) is 4.79 Å². The van der Waals surface area contributed by atoms with Crippen molar-refractivity contribution in [2.75, 3.05) is 5.73 Å². The number of nitrogen functional groups attached to an aromatic ring is 1. The topological polar surface area (TPSA) is 72.5 Å². The first-order valence-corrected chi connectivity index (χ1v) is 5.50. The number of hydrogen-bond acceptors (Lipinski definition) is 3. The minimum atomic E-state index is -4.83. The highest BCUT2D eigenvalue weighted by atomic mass is 19.4. The van der Waals surface area contributed by atoms with Crippen LogP contribution in [0.5, 0.6) is 5.75 Å². The molecule has 0 bridgehead atoms. The maximum absolute atomic E-state index is 12.1. The Balaban J connectivity index is 3.19. The summed E-state index contributed by atoms with van der Waals surface area (Å²) in [6, 6.07) is 3.27. The predicted octanol–water partition coefficient (Wildman–Crippen LogP) is 2.99. The Morgan fingerprint density at radius 1 is 1.37 bits per heavy atom. The molecule has 7 heteroatoms. The zero-order chi connectivity index (χ0) is 14.8. The Bertz CT molecular complexity index is 472. The predicted molar refractivity (Wildman–Crippen MR) is 62.8 cm³/mol. The summed E-state index contributed by atoms with van der Waals surface area (Å²) >= 11 is 0. The highest BCUT2D eigenvalue weighted by Crippen LogP contribution is 2.33. The van der Waals surface area contributed by atoms with E-state index in [1.807, 2.05) is 0 Å². The number of hydrogen-bond donors (Lipinski definition) is 2. The zero-order valence-corrected chi connectivity index (χ0v) is 10.4. The van der Waals surface area contributed by atoms with E-state index in [2.05, 4.69) is 4.74 Å². The van der Waals surface area contributed by atoms with E-state index in [0.29, 0.717) is 0 Å². The van der Waals surface area contributed by atoms with Gasteiger partial charge in [0.15, 0.2) is 0 Å². The number of carbonyl (C=O) groups is 1. The van der Waals surface area contributed by atoms with Crippen LogP contribution >= 0.6 is 0 Å². The number of halogens is 3. The number of aliphatic carboxylic acids is 1. The molecule has 0 aliphatic rings. The maximum atomic E-state index is 12.1. The van der Waals surface area contributed by atoms with Gasteiger partial charge in [-0.15, -0.1) is 13.2 Å². The molecule has 0 aliphatic heterocycles. The van der Waals surface area contributed by atoms with Crippen LogP contribution in [-0.2, 0) is 4.79 Å². The molecule has 0 saturated carbocycles. The van der Waals surface area contributed by atoms with Crippen molar-refractivity contribution in [3.63, 3.8) is 0 Å². The molecular formula is C12H14F3NO3. The normalized spacial score (nSPS) is 13.4. The zero-order valence-electron chi connectivity index (χ0n) is 10.4. The summed E-state index contributed by atoms with van der Waals surface area (Å²) < 4.78 is 40.1. The number of carboxylic acid groups (broad SMARTS) is 1. The van der Waals surface area contributed by atoms with Crippen molar-refractivity contribution < 1.29 is 27.8 Å². The van der Waals surface area contributed by atoms with Gasteiger partial charge in [-0.1, -0.05) is 13.8 Å². The SMILES string of the molecule is CC(C)C(C(=O)O)c1cc(OC(F)(F)F)ccc1N. The van der Waals surface area contributed by atoms with Crippen LogP contribution in [0.4, 0.5) is 18.9 Å². The summed E-state index contributed by atoms with van der Waals surface area (Å²) in [6.45, 7) is 3.30. The van der Waals surface area contributed by atoms with Gasteiger partial charge in [0.2, 0.25) is 0 Å². The van der Waals surface area contributed by atoms with Gasteiger partial charge in [-0.25, -0.2) is 0 Å². The second-order valence-corrected chi connectivity index (χ2v) is 4.40. The number of benzene rings is 1. The Hall–Kier alpha value is -1.92. The quantitative estimate of drug-likeness (QED) is 0.830. The molecule has 0 aliphatic carbocycles. The number of rotatable bonds is 4. The Labute approximate surface area is 108 Å². The van der Waals surface area contributed by atoms with E-state index in [9.17, 15) is 18.0 Å². The summed E-state index contributed by atoms with van der Waals surface area (Å²) in [4.78, 5) is 11.2. The molecule has 0 amide bonds. The molecule has 19 heavy (non-hydrogen) atoms. The summed E-state index contributed by atoms with van der Waals surface area (Å²) in [5, 5.41) is 9.13. The monoisotopic (exact) mass is 277 g/mol. The van der Waals surface area contributed by atoms with E-state index in [1.165, 1.54) is 6.07 Å². The number of alkyl halides is 3. The van der Waals surface area contributed by atoms with Crippen molar-refractivity contribution in [2.45, 2.75) is 26.1 Å². The summed E-state index contributed by atoms with van der Waals surface area (Å²) in [6.07, 6.45) is -4.83. The summed E-state index contributed by atoms with van der Waals surface area (Å²) in [7, 11) is 0. The second-order valence-electron chi connectivity index (χ2n) is 4.40. The highest BCUT2D eigenvalue weighted by molar-refractivity contribution is 5.79. The third-order valence-electron chi connectivity index (χ3n) is 2.56. The fraction of sp³-hybridized carbons (Fsp3) is 0.417. The van der Waals surface area contributed by atoms with Crippen molar-refractivity contribution in [1.29, 1.82) is 0 Å². The van der Waals surface area contributed by atoms with Gasteiger partial charge in [-0.2, -0.15) is 0 Å². The molecule has 0 aromatic heterocycles. The first kappa shape index (κ1) is 15.1. The van der Waals surface area contributed by atoms with Crippen molar-refractivity contribution in [3.8, 4) is 5.75 Å². The molecule has 1 atom stereocenters. The van der Waals surface area contributed by atoms with Gasteiger partial charge in [0, 0.05) is 5.69 Å². The summed E-state index contributed by atoms with van der Waals surface area (Å²) in [5.74, 6) is -2.94. The van der Waals surface area contributed by atoms with E-state index < -0.39 is 24.0 Å². The van der Waals surface area contributed by atoms with Crippen LogP contribution in [0.25, 0.3) is 0 Å². The fourth-order valence-corrected chi connectivity index (χ4v) is 1.80. The van der Waals surface area contributed by atoms with Crippen LogP contribution < -0.4 is 10.5 Å². The van der Waals surface area contributed by atoms with E-state index in [0.717, 1.165) is 12.1 Å². The largest absolute Gasteiger partial charge is 0.573 e. The molecule has 1 aromatic carbocycles. The van der Waals surface area contributed by atoms with Crippen LogP contribution in [0.2, 0.25) is 0 Å². The third kappa shape index (κ3) is 4.04. The molecule has 1 aromatic rings. The minimum Gasteiger partial charge on any atom is -0.481 e. The molecule has 0 spiro atoms. The van der Waals surface area contributed by atoms with Crippen molar-refractivity contribution >= 4 is 11.7 Å². The van der Waals surface area contributed by atoms with Gasteiger partial charge < -0.3 is 15.6 Å². The molecule has 0 radical (unpaired) electrons. The number of nitrogens with two attached hydrogens (primary N) is 1.